The highest BCUT2D eigenvalue weighted by molar-refractivity contribution is 5.76. The molecule has 0 saturated heterocycles. The lowest BCUT2D eigenvalue weighted by atomic mass is 9.92. The van der Waals surface area contributed by atoms with E-state index in [9.17, 15) is 25.2 Å². The maximum Gasteiger partial charge on any atom is 0.217 e. The van der Waals surface area contributed by atoms with Crippen LogP contribution in [-0.4, -0.2) is 80.7 Å². The van der Waals surface area contributed by atoms with Crippen molar-refractivity contribution >= 4 is 11.9 Å². The van der Waals surface area contributed by atoms with Gasteiger partial charge in [-0.15, -0.1) is 0 Å². The molecular weight excluding hydrogens is 312 g/mol. The number of hydrogen-bond acceptors (Lipinski definition) is 8. The number of aliphatic hydroxyl groups excluding tert-OH is 4. The molecular formula is C12H22N4O7. The number of ether oxygens (including phenoxy) is 1. The lowest BCUT2D eigenvalue weighted by molar-refractivity contribution is -0.138. The summed E-state index contributed by atoms with van der Waals surface area (Å²) in [6, 6.07) is -2.01. The summed E-state index contributed by atoms with van der Waals surface area (Å²) >= 11 is 0. The van der Waals surface area contributed by atoms with Gasteiger partial charge in [0, 0.05) is 6.92 Å². The van der Waals surface area contributed by atoms with Gasteiger partial charge >= 0.3 is 0 Å². The third kappa shape index (κ3) is 5.04. The molecule has 1 aliphatic rings. The molecule has 1 amide bonds. The second kappa shape index (κ2) is 8.08. The van der Waals surface area contributed by atoms with Crippen LogP contribution in [0.15, 0.2) is 16.8 Å². The quantitative estimate of drug-likeness (QED) is 0.133. The molecule has 5 atom stereocenters. The van der Waals surface area contributed by atoms with Crippen LogP contribution in [-0.2, 0) is 9.53 Å². The van der Waals surface area contributed by atoms with Crippen molar-refractivity contribution in [1.29, 1.82) is 0 Å². The first-order valence-electron chi connectivity index (χ1n) is 6.74. The van der Waals surface area contributed by atoms with Gasteiger partial charge < -0.3 is 47.1 Å². The van der Waals surface area contributed by atoms with Crippen LogP contribution in [0.2, 0.25) is 0 Å². The van der Waals surface area contributed by atoms with Crippen LogP contribution in [0.25, 0.3) is 0 Å². The number of rotatable bonds is 6. The lowest BCUT2D eigenvalue weighted by Crippen LogP contribution is -2.60. The molecule has 0 radical (unpaired) electrons. The molecule has 0 aliphatic carbocycles. The largest absolute Gasteiger partial charge is 0.485 e. The number of amides is 1. The average Bonchev–Trinajstić information content (AvgIpc) is 2.45. The Kier molecular flexibility index (Phi) is 6.72. The summed E-state index contributed by atoms with van der Waals surface area (Å²) < 4.78 is 5.23. The van der Waals surface area contributed by atoms with Crippen LogP contribution in [0.1, 0.15) is 6.92 Å². The third-order valence-electron chi connectivity index (χ3n) is 3.17. The fraction of sp³-hybridized carbons (Fsp3) is 0.667. The van der Waals surface area contributed by atoms with Crippen molar-refractivity contribution in [3.05, 3.63) is 11.8 Å². The zero-order valence-corrected chi connectivity index (χ0v) is 12.4. The lowest BCUT2D eigenvalue weighted by Gasteiger charge is -2.39. The van der Waals surface area contributed by atoms with E-state index in [1.54, 1.807) is 0 Å². The van der Waals surface area contributed by atoms with E-state index in [4.69, 9.17) is 21.3 Å². The predicted octanol–water partition coefficient (Wildman–Crippen LogP) is -4.56. The fourth-order valence-corrected chi connectivity index (χ4v) is 2.18. The van der Waals surface area contributed by atoms with Gasteiger partial charge in [-0.1, -0.05) is 0 Å². The predicted molar refractivity (Wildman–Crippen MR) is 77.5 cm³/mol. The second-order valence-corrected chi connectivity index (χ2v) is 5.04. The number of nitrogens with two attached hydrogens (primary N) is 2. The van der Waals surface area contributed by atoms with Crippen molar-refractivity contribution in [3.63, 3.8) is 0 Å². The number of hydrogen-bond donors (Lipinski definition) is 8. The van der Waals surface area contributed by atoms with Crippen molar-refractivity contribution in [2.45, 2.75) is 43.6 Å². The summed E-state index contributed by atoms with van der Waals surface area (Å²) in [5.74, 6) is -1.20. The Balaban J connectivity index is 3.25. The van der Waals surface area contributed by atoms with Gasteiger partial charge in [-0.2, -0.15) is 0 Å². The first-order chi connectivity index (χ1) is 10.7. The normalized spacial score (nSPS) is 26.7. The fourth-order valence-electron chi connectivity index (χ4n) is 2.18. The van der Waals surface area contributed by atoms with E-state index in [2.05, 4.69) is 10.3 Å². The molecule has 0 aromatic rings. The smallest absolute Gasteiger partial charge is 0.217 e. The monoisotopic (exact) mass is 334 g/mol. The Morgan fingerprint density at radius 1 is 1.39 bits per heavy atom. The van der Waals surface area contributed by atoms with Gasteiger partial charge in [0.15, 0.2) is 11.7 Å². The van der Waals surface area contributed by atoms with E-state index < -0.39 is 49.2 Å². The molecule has 1 heterocycles. The minimum atomic E-state index is -2.02. The molecule has 0 fully saturated rings. The Hall–Kier alpha value is -1.92. The number of nitrogens with zero attached hydrogens (tertiary/aromatic N) is 1. The van der Waals surface area contributed by atoms with E-state index in [-0.39, 0.29) is 11.7 Å². The Morgan fingerprint density at radius 3 is 2.43 bits per heavy atom. The van der Waals surface area contributed by atoms with E-state index in [1.165, 1.54) is 13.0 Å². The number of aliphatic hydroxyl groups is 5. The van der Waals surface area contributed by atoms with Crippen LogP contribution < -0.4 is 16.8 Å². The highest BCUT2D eigenvalue weighted by Crippen LogP contribution is 2.25. The van der Waals surface area contributed by atoms with Crippen LogP contribution >= 0.6 is 0 Å². The van der Waals surface area contributed by atoms with Crippen LogP contribution in [0.5, 0.6) is 0 Å². The molecule has 1 rings (SSSR count). The summed E-state index contributed by atoms with van der Waals surface area (Å²) in [5.41, 5.74) is 10.6. The van der Waals surface area contributed by atoms with E-state index >= 15 is 0 Å². The van der Waals surface area contributed by atoms with Crippen LogP contribution in [0.4, 0.5) is 0 Å². The molecule has 1 aliphatic heterocycles. The second-order valence-electron chi connectivity index (χ2n) is 5.04. The van der Waals surface area contributed by atoms with Gasteiger partial charge in [0.2, 0.25) is 12.2 Å². The van der Waals surface area contributed by atoms with Crippen molar-refractivity contribution in [1.82, 2.24) is 5.32 Å². The van der Waals surface area contributed by atoms with Gasteiger partial charge in [0.05, 0.1) is 18.7 Å². The number of guanidine groups is 1. The van der Waals surface area contributed by atoms with Crippen LogP contribution in [0, 0.1) is 0 Å². The van der Waals surface area contributed by atoms with E-state index in [0.717, 1.165) is 0 Å². The number of nitrogens with one attached hydrogen (secondary N) is 1. The highest BCUT2D eigenvalue weighted by Gasteiger charge is 2.43. The third-order valence-corrected chi connectivity index (χ3v) is 3.17. The molecule has 0 saturated carbocycles. The summed E-state index contributed by atoms with van der Waals surface area (Å²) in [4.78, 5) is 15.2. The zero-order chi connectivity index (χ0) is 17.7. The molecule has 0 spiro atoms. The minimum Gasteiger partial charge on any atom is -0.485 e. The maximum absolute atomic E-state index is 11.4. The van der Waals surface area contributed by atoms with Crippen molar-refractivity contribution in [2.75, 3.05) is 6.61 Å². The maximum atomic E-state index is 11.4. The molecule has 132 valence electrons. The molecule has 1 unspecified atom stereocenters. The van der Waals surface area contributed by atoms with Crippen molar-refractivity contribution in [3.8, 4) is 0 Å². The average molecular weight is 334 g/mol. The molecule has 11 nitrogen and oxygen atoms in total. The Labute approximate surface area is 131 Å². The molecule has 0 aromatic heterocycles. The molecule has 11 heteroatoms. The molecule has 0 bridgehead atoms. The number of aliphatic imine (C=N–C) groups is 1. The highest BCUT2D eigenvalue weighted by atomic mass is 16.6. The number of carbonyl (C=O) groups excluding carboxylic acids is 1. The van der Waals surface area contributed by atoms with Gasteiger partial charge in [-0.3, -0.25) is 4.79 Å². The standard InChI is InChI=1S/C12H22N4O7/c1-4(18)15-8-5(16-12(13)14)2-7(11(21)22)23-10(8)9(20)6(19)3-17/h2,5-6,8-11,17,19-22H,3H2,1H3,(H,15,18)(H4,13,14,16)/t5-,6+,8+,9?,10+/m0/s1. The molecule has 10 N–H and O–H groups in total. The topological polar surface area (TPSA) is 204 Å². The first kappa shape index (κ1) is 19.1. The first-order valence-corrected chi connectivity index (χ1v) is 6.74. The van der Waals surface area contributed by atoms with Gasteiger partial charge in [-0.05, 0) is 6.08 Å². The number of carbonyl (C=O) groups is 1. The van der Waals surface area contributed by atoms with Crippen molar-refractivity contribution in [2.24, 2.45) is 16.5 Å². The summed E-state index contributed by atoms with van der Waals surface area (Å²) in [6.45, 7) is 0.431. The van der Waals surface area contributed by atoms with Crippen molar-refractivity contribution < 1.29 is 35.1 Å². The molecule has 23 heavy (non-hydrogen) atoms. The molecule has 0 aromatic carbocycles. The van der Waals surface area contributed by atoms with Gasteiger partial charge in [0.1, 0.15) is 18.3 Å². The SMILES string of the molecule is CC(=O)N[C@@H]1[C@@H](N=C(N)N)C=C(C(O)O)O[C@H]1C(O)[C@H](O)CO. The Bertz CT molecular complexity index is 478. The van der Waals surface area contributed by atoms with Crippen LogP contribution in [0.3, 0.4) is 0 Å². The zero-order valence-electron chi connectivity index (χ0n) is 12.4. The van der Waals surface area contributed by atoms with E-state index in [0.29, 0.717) is 0 Å². The van der Waals surface area contributed by atoms with E-state index in [1.807, 2.05) is 0 Å². The Morgan fingerprint density at radius 2 is 2.00 bits per heavy atom. The summed E-state index contributed by atoms with van der Waals surface area (Å²) in [5, 5.41) is 49.6. The summed E-state index contributed by atoms with van der Waals surface area (Å²) in [7, 11) is 0. The minimum absolute atomic E-state index is 0.341. The summed E-state index contributed by atoms with van der Waals surface area (Å²) in [6.07, 6.45) is -5.44. The van der Waals surface area contributed by atoms with Gasteiger partial charge in [-0.25, -0.2) is 4.99 Å². The van der Waals surface area contributed by atoms with Gasteiger partial charge in [0.25, 0.3) is 0 Å².